The number of hydrogen-bond donors (Lipinski definition) is 0. The van der Waals surface area contributed by atoms with E-state index in [1.54, 1.807) is 24.3 Å². The molecule has 0 saturated carbocycles. The summed E-state index contributed by atoms with van der Waals surface area (Å²) in [6.07, 6.45) is 0. The summed E-state index contributed by atoms with van der Waals surface area (Å²) in [7, 11) is 1.51. The van der Waals surface area contributed by atoms with Crippen molar-refractivity contribution in [2.24, 2.45) is 0 Å². The van der Waals surface area contributed by atoms with E-state index in [-0.39, 0.29) is 15.5 Å². The molecule has 22 heavy (non-hydrogen) atoms. The molecule has 0 radical (unpaired) electrons. The zero-order valence-electron chi connectivity index (χ0n) is 11.3. The van der Waals surface area contributed by atoms with E-state index in [1.807, 2.05) is 18.2 Å². The van der Waals surface area contributed by atoms with E-state index in [0.29, 0.717) is 18.8 Å². The van der Waals surface area contributed by atoms with Crippen molar-refractivity contribution in [3.05, 3.63) is 64.7 Å². The summed E-state index contributed by atoms with van der Waals surface area (Å²) in [5, 5.41) is 0.0295. The van der Waals surface area contributed by atoms with E-state index in [4.69, 9.17) is 31.8 Å². The van der Waals surface area contributed by atoms with Crippen LogP contribution in [0.3, 0.4) is 0 Å². The van der Waals surface area contributed by atoms with Gasteiger partial charge in [0.1, 0.15) is 4.90 Å². The largest absolute Gasteiger partial charge is 0.340 e. The molecule has 116 valence electrons. The van der Waals surface area contributed by atoms with E-state index in [1.165, 1.54) is 6.07 Å². The third-order valence-electron chi connectivity index (χ3n) is 3.41. The highest BCUT2D eigenvalue weighted by molar-refractivity contribution is 8.13. The Bertz CT molecular complexity index is 784. The average Bonchev–Trinajstić information content (AvgIpc) is 2.97. The lowest BCUT2D eigenvalue weighted by Crippen LogP contribution is -2.30. The van der Waals surface area contributed by atoms with E-state index in [9.17, 15) is 8.42 Å². The third kappa shape index (κ3) is 2.64. The quantitative estimate of drug-likeness (QED) is 0.787. The van der Waals surface area contributed by atoms with Crippen molar-refractivity contribution in [2.75, 3.05) is 13.2 Å². The van der Waals surface area contributed by atoms with Crippen LogP contribution >= 0.6 is 22.3 Å². The molecule has 1 saturated heterocycles. The van der Waals surface area contributed by atoms with Crippen molar-refractivity contribution < 1.29 is 17.9 Å². The molecule has 1 aliphatic rings. The average molecular weight is 359 g/mol. The molecule has 0 N–H and O–H groups in total. The Hall–Kier alpha value is -1.11. The van der Waals surface area contributed by atoms with Crippen LogP contribution in [0.25, 0.3) is 0 Å². The van der Waals surface area contributed by atoms with Crippen molar-refractivity contribution in [3.8, 4) is 0 Å². The zero-order valence-corrected chi connectivity index (χ0v) is 13.7. The van der Waals surface area contributed by atoms with Gasteiger partial charge in [0, 0.05) is 21.8 Å². The second kappa shape index (κ2) is 5.83. The first kappa shape index (κ1) is 15.8. The first-order valence-electron chi connectivity index (χ1n) is 6.52. The Balaban J connectivity index is 2.31. The van der Waals surface area contributed by atoms with Gasteiger partial charge < -0.3 is 9.47 Å². The third-order valence-corrected chi connectivity index (χ3v) is 5.23. The molecule has 2 aromatic carbocycles. The predicted octanol–water partition coefficient (Wildman–Crippen LogP) is 3.52. The van der Waals surface area contributed by atoms with Gasteiger partial charge in [-0.15, -0.1) is 0 Å². The maximum absolute atomic E-state index is 12.0. The fourth-order valence-corrected chi connectivity index (χ4v) is 4.43. The van der Waals surface area contributed by atoms with E-state index >= 15 is 0 Å². The number of benzene rings is 2. The Kier molecular flexibility index (Phi) is 4.18. The zero-order chi connectivity index (χ0) is 15.8. The summed E-state index contributed by atoms with van der Waals surface area (Å²) < 4.78 is 35.5. The van der Waals surface area contributed by atoms with Crippen LogP contribution in [0.2, 0.25) is 5.02 Å². The van der Waals surface area contributed by atoms with E-state index < -0.39 is 14.8 Å². The van der Waals surface area contributed by atoms with Gasteiger partial charge in [-0.1, -0.05) is 54.1 Å². The van der Waals surface area contributed by atoms with Gasteiger partial charge >= 0.3 is 0 Å². The summed E-state index contributed by atoms with van der Waals surface area (Å²) in [4.78, 5) is -0.191. The lowest BCUT2D eigenvalue weighted by molar-refractivity contribution is -0.131. The van der Waals surface area contributed by atoms with Crippen LogP contribution in [0.15, 0.2) is 53.4 Å². The van der Waals surface area contributed by atoms with Gasteiger partial charge in [0.15, 0.2) is 0 Å². The maximum Gasteiger partial charge on any atom is 0.263 e. The fraction of sp³-hybridized carbons (Fsp3) is 0.200. The van der Waals surface area contributed by atoms with Crippen LogP contribution in [0, 0.1) is 0 Å². The molecule has 7 heteroatoms. The summed E-state index contributed by atoms with van der Waals surface area (Å²) >= 11 is 6.07. The molecule has 2 aromatic rings. The number of hydrogen-bond acceptors (Lipinski definition) is 4. The van der Waals surface area contributed by atoms with Crippen LogP contribution < -0.4 is 0 Å². The van der Waals surface area contributed by atoms with Crippen LogP contribution in [0.5, 0.6) is 0 Å². The van der Waals surface area contributed by atoms with Crippen molar-refractivity contribution in [1.82, 2.24) is 0 Å². The summed E-state index contributed by atoms with van der Waals surface area (Å²) in [6.45, 7) is 0.673. The molecule has 1 fully saturated rings. The summed E-state index contributed by atoms with van der Waals surface area (Å²) in [5.74, 6) is -1.33. The van der Waals surface area contributed by atoms with Crippen molar-refractivity contribution in [1.29, 1.82) is 0 Å². The van der Waals surface area contributed by atoms with Crippen LogP contribution in [0.1, 0.15) is 11.1 Å². The summed E-state index contributed by atoms with van der Waals surface area (Å²) in [6, 6.07) is 13.8. The smallest absolute Gasteiger partial charge is 0.263 e. The van der Waals surface area contributed by atoms with Crippen molar-refractivity contribution in [3.63, 3.8) is 0 Å². The van der Waals surface area contributed by atoms with Crippen molar-refractivity contribution in [2.45, 2.75) is 10.7 Å². The maximum atomic E-state index is 12.0. The molecule has 1 aliphatic heterocycles. The van der Waals surface area contributed by atoms with Gasteiger partial charge in [0.2, 0.25) is 5.79 Å². The number of rotatable bonds is 3. The second-order valence-corrected chi connectivity index (χ2v) is 7.64. The Morgan fingerprint density at radius 1 is 0.955 bits per heavy atom. The van der Waals surface area contributed by atoms with Gasteiger partial charge in [-0.2, -0.15) is 0 Å². The molecule has 4 nitrogen and oxygen atoms in total. The molecular formula is C15H12Cl2O4S. The molecule has 0 spiro atoms. The SMILES string of the molecule is O=S(=O)(Cl)c1c(Cl)cccc1C1(c2ccccc2)OCCO1. The topological polar surface area (TPSA) is 52.6 Å². The molecule has 1 heterocycles. The standard InChI is InChI=1S/C15H12Cl2O4S/c16-13-8-4-7-12(14(13)22(17,18)19)15(20-9-10-21-15)11-5-2-1-3-6-11/h1-8H,9-10H2. The minimum absolute atomic E-state index is 0.0295. The molecule has 0 unspecified atom stereocenters. The molecule has 0 atom stereocenters. The fourth-order valence-electron chi connectivity index (χ4n) is 2.56. The van der Waals surface area contributed by atoms with E-state index in [2.05, 4.69) is 0 Å². The van der Waals surface area contributed by atoms with E-state index in [0.717, 1.165) is 0 Å². The highest BCUT2D eigenvalue weighted by atomic mass is 35.7. The second-order valence-electron chi connectivity index (χ2n) is 4.73. The molecule has 3 rings (SSSR count). The molecule has 0 bridgehead atoms. The van der Waals surface area contributed by atoms with Gasteiger partial charge in [0.25, 0.3) is 9.05 Å². The monoisotopic (exact) mass is 358 g/mol. The molecular weight excluding hydrogens is 347 g/mol. The van der Waals surface area contributed by atoms with Gasteiger partial charge in [-0.3, -0.25) is 0 Å². The van der Waals surface area contributed by atoms with Crippen LogP contribution in [-0.4, -0.2) is 21.6 Å². The normalized spacial score (nSPS) is 17.5. The Morgan fingerprint density at radius 3 is 2.18 bits per heavy atom. The lowest BCUT2D eigenvalue weighted by Gasteiger charge is -2.29. The predicted molar refractivity (Wildman–Crippen MR) is 83.6 cm³/mol. The number of halogens is 2. The highest BCUT2D eigenvalue weighted by Crippen LogP contribution is 2.43. The first-order valence-corrected chi connectivity index (χ1v) is 9.21. The van der Waals surface area contributed by atoms with Gasteiger partial charge in [-0.25, -0.2) is 8.42 Å². The minimum atomic E-state index is -4.07. The highest BCUT2D eigenvalue weighted by Gasteiger charge is 2.44. The van der Waals surface area contributed by atoms with Gasteiger partial charge in [0.05, 0.1) is 18.2 Å². The van der Waals surface area contributed by atoms with Gasteiger partial charge in [-0.05, 0) is 6.07 Å². The first-order chi connectivity index (χ1) is 10.5. The molecule has 0 aliphatic carbocycles. The Morgan fingerprint density at radius 2 is 1.59 bits per heavy atom. The molecule has 0 amide bonds. The molecule has 0 aromatic heterocycles. The van der Waals surface area contributed by atoms with Crippen LogP contribution in [-0.2, 0) is 24.3 Å². The van der Waals surface area contributed by atoms with Crippen molar-refractivity contribution >= 4 is 31.3 Å². The van der Waals surface area contributed by atoms with Crippen LogP contribution in [0.4, 0.5) is 0 Å². The number of ether oxygens (including phenoxy) is 2. The lowest BCUT2D eigenvalue weighted by atomic mass is 9.97. The Labute approximate surface area is 138 Å². The summed E-state index contributed by atoms with van der Waals surface area (Å²) in [5.41, 5.74) is 0.954. The minimum Gasteiger partial charge on any atom is -0.340 e.